The van der Waals surface area contributed by atoms with Gasteiger partial charge in [-0.25, -0.2) is 0 Å². The van der Waals surface area contributed by atoms with Gasteiger partial charge in [0.2, 0.25) is 0 Å². The summed E-state index contributed by atoms with van der Waals surface area (Å²) in [5.41, 5.74) is 2.57. The van der Waals surface area contributed by atoms with Crippen LogP contribution in [0.15, 0.2) is 18.2 Å². The molecule has 0 amide bonds. The van der Waals surface area contributed by atoms with Gasteiger partial charge in [-0.2, -0.15) is 0 Å². The van der Waals surface area contributed by atoms with Crippen LogP contribution in [-0.2, 0) is 4.74 Å². The summed E-state index contributed by atoms with van der Waals surface area (Å²) in [7, 11) is 1.74. The number of anilines is 1. The predicted octanol–water partition coefficient (Wildman–Crippen LogP) is 2.66. The van der Waals surface area contributed by atoms with Crippen molar-refractivity contribution < 1.29 is 9.47 Å². The lowest BCUT2D eigenvalue weighted by molar-refractivity contribution is 0.201. The average molecular weight is 235 g/mol. The molecule has 0 fully saturated rings. The standard InChI is InChI=1S/C14H21NO2/c1-11(2)12-4-5-14-13(10-12)15(6-8-16-3)7-9-17-14/h4-5,10-11H,6-9H2,1-3H3. The molecule has 0 saturated carbocycles. The number of benzene rings is 1. The molecule has 0 bridgehead atoms. The van der Waals surface area contributed by atoms with Crippen LogP contribution in [0.4, 0.5) is 5.69 Å². The molecule has 2 rings (SSSR count). The van der Waals surface area contributed by atoms with Crippen LogP contribution in [0.3, 0.4) is 0 Å². The second-order valence-electron chi connectivity index (χ2n) is 4.71. The molecular formula is C14H21NO2. The summed E-state index contributed by atoms with van der Waals surface area (Å²) in [6.45, 7) is 7.81. The molecule has 1 heterocycles. The first-order valence-corrected chi connectivity index (χ1v) is 6.23. The molecule has 0 spiro atoms. The van der Waals surface area contributed by atoms with Gasteiger partial charge in [-0.1, -0.05) is 19.9 Å². The molecule has 1 aromatic rings. The number of nitrogens with zero attached hydrogens (tertiary/aromatic N) is 1. The minimum absolute atomic E-state index is 0.548. The SMILES string of the molecule is COCCN1CCOc2ccc(C(C)C)cc21. The van der Waals surface area contributed by atoms with Crippen molar-refractivity contribution in [2.45, 2.75) is 19.8 Å². The Morgan fingerprint density at radius 3 is 2.94 bits per heavy atom. The maximum absolute atomic E-state index is 5.69. The molecular weight excluding hydrogens is 214 g/mol. The van der Waals surface area contributed by atoms with Gasteiger partial charge in [0.25, 0.3) is 0 Å². The monoisotopic (exact) mass is 235 g/mol. The van der Waals surface area contributed by atoms with Gasteiger partial charge in [-0.3, -0.25) is 0 Å². The highest BCUT2D eigenvalue weighted by Crippen LogP contribution is 2.34. The van der Waals surface area contributed by atoms with Gasteiger partial charge in [0, 0.05) is 13.7 Å². The summed E-state index contributed by atoms with van der Waals surface area (Å²) in [5, 5.41) is 0. The van der Waals surface area contributed by atoms with Crippen molar-refractivity contribution in [3.05, 3.63) is 23.8 Å². The van der Waals surface area contributed by atoms with Crippen LogP contribution in [-0.4, -0.2) is 33.4 Å². The van der Waals surface area contributed by atoms with E-state index >= 15 is 0 Å². The third kappa shape index (κ3) is 2.72. The number of ether oxygens (including phenoxy) is 2. The van der Waals surface area contributed by atoms with Crippen LogP contribution in [0.25, 0.3) is 0 Å². The fourth-order valence-corrected chi connectivity index (χ4v) is 2.08. The van der Waals surface area contributed by atoms with E-state index in [4.69, 9.17) is 9.47 Å². The van der Waals surface area contributed by atoms with E-state index in [1.54, 1.807) is 7.11 Å². The summed E-state index contributed by atoms with van der Waals surface area (Å²) in [5.74, 6) is 1.54. The number of hydrogen-bond donors (Lipinski definition) is 0. The molecule has 0 radical (unpaired) electrons. The number of methoxy groups -OCH3 is 1. The second-order valence-corrected chi connectivity index (χ2v) is 4.71. The van der Waals surface area contributed by atoms with Gasteiger partial charge in [-0.15, -0.1) is 0 Å². The Morgan fingerprint density at radius 2 is 2.24 bits per heavy atom. The summed E-state index contributed by atoms with van der Waals surface area (Å²) in [6, 6.07) is 6.49. The van der Waals surface area contributed by atoms with E-state index in [1.807, 2.05) is 0 Å². The van der Waals surface area contributed by atoms with E-state index in [9.17, 15) is 0 Å². The third-order valence-electron chi connectivity index (χ3n) is 3.17. The van der Waals surface area contributed by atoms with E-state index in [1.165, 1.54) is 11.3 Å². The van der Waals surface area contributed by atoms with E-state index < -0.39 is 0 Å². The second kappa shape index (κ2) is 5.41. The minimum Gasteiger partial charge on any atom is -0.490 e. The van der Waals surface area contributed by atoms with Crippen molar-refractivity contribution in [1.82, 2.24) is 0 Å². The molecule has 1 aliphatic rings. The summed E-state index contributed by atoms with van der Waals surface area (Å²) < 4.78 is 10.8. The van der Waals surface area contributed by atoms with Gasteiger partial charge < -0.3 is 14.4 Å². The normalized spacial score (nSPS) is 14.7. The van der Waals surface area contributed by atoms with Crippen molar-refractivity contribution in [3.63, 3.8) is 0 Å². The molecule has 3 heteroatoms. The zero-order chi connectivity index (χ0) is 12.3. The Kier molecular flexibility index (Phi) is 3.89. The molecule has 0 aliphatic carbocycles. The van der Waals surface area contributed by atoms with Crippen molar-refractivity contribution in [2.75, 3.05) is 38.3 Å². The lowest BCUT2D eigenvalue weighted by atomic mass is 10.0. The molecule has 3 nitrogen and oxygen atoms in total. The van der Waals surface area contributed by atoms with E-state index in [0.717, 1.165) is 32.1 Å². The van der Waals surface area contributed by atoms with Crippen molar-refractivity contribution >= 4 is 5.69 Å². The largest absolute Gasteiger partial charge is 0.490 e. The Balaban J connectivity index is 2.24. The molecule has 0 N–H and O–H groups in total. The van der Waals surface area contributed by atoms with Crippen molar-refractivity contribution in [2.24, 2.45) is 0 Å². The first kappa shape index (κ1) is 12.2. The molecule has 1 aliphatic heterocycles. The molecule has 94 valence electrons. The lowest BCUT2D eigenvalue weighted by Crippen LogP contribution is -2.35. The summed E-state index contributed by atoms with van der Waals surface area (Å²) in [4.78, 5) is 2.34. The fraction of sp³-hybridized carbons (Fsp3) is 0.571. The molecule has 1 aromatic carbocycles. The molecule has 0 unspecified atom stereocenters. The number of hydrogen-bond acceptors (Lipinski definition) is 3. The highest BCUT2D eigenvalue weighted by atomic mass is 16.5. The topological polar surface area (TPSA) is 21.7 Å². The zero-order valence-electron chi connectivity index (χ0n) is 10.9. The van der Waals surface area contributed by atoms with E-state index in [0.29, 0.717) is 5.92 Å². The fourth-order valence-electron chi connectivity index (χ4n) is 2.08. The first-order chi connectivity index (χ1) is 8.22. The molecule has 0 atom stereocenters. The van der Waals surface area contributed by atoms with Crippen molar-refractivity contribution in [1.29, 1.82) is 0 Å². The van der Waals surface area contributed by atoms with Crippen LogP contribution >= 0.6 is 0 Å². The van der Waals surface area contributed by atoms with Crippen LogP contribution in [0.2, 0.25) is 0 Å². The smallest absolute Gasteiger partial charge is 0.142 e. The van der Waals surface area contributed by atoms with Gasteiger partial charge in [0.05, 0.1) is 18.8 Å². The van der Waals surface area contributed by atoms with Gasteiger partial charge >= 0.3 is 0 Å². The summed E-state index contributed by atoms with van der Waals surface area (Å²) >= 11 is 0. The van der Waals surface area contributed by atoms with Gasteiger partial charge in [0.1, 0.15) is 12.4 Å². The van der Waals surface area contributed by atoms with Gasteiger partial charge in [0.15, 0.2) is 0 Å². The first-order valence-electron chi connectivity index (χ1n) is 6.23. The van der Waals surface area contributed by atoms with Crippen LogP contribution in [0, 0.1) is 0 Å². The average Bonchev–Trinajstić information content (AvgIpc) is 2.35. The predicted molar refractivity (Wildman–Crippen MR) is 70.1 cm³/mol. The highest BCUT2D eigenvalue weighted by Gasteiger charge is 2.18. The molecule has 0 aromatic heterocycles. The van der Waals surface area contributed by atoms with Crippen LogP contribution in [0.1, 0.15) is 25.3 Å². The quantitative estimate of drug-likeness (QED) is 0.801. The molecule has 0 saturated heterocycles. The Hall–Kier alpha value is -1.22. The minimum atomic E-state index is 0.548. The van der Waals surface area contributed by atoms with Crippen LogP contribution < -0.4 is 9.64 Å². The summed E-state index contributed by atoms with van der Waals surface area (Å²) in [6.07, 6.45) is 0. The number of rotatable bonds is 4. The maximum Gasteiger partial charge on any atom is 0.142 e. The Morgan fingerprint density at radius 1 is 1.41 bits per heavy atom. The Bertz CT molecular complexity index is 376. The van der Waals surface area contributed by atoms with Crippen LogP contribution in [0.5, 0.6) is 5.75 Å². The third-order valence-corrected chi connectivity index (χ3v) is 3.17. The maximum atomic E-state index is 5.69. The van der Waals surface area contributed by atoms with Gasteiger partial charge in [-0.05, 0) is 23.6 Å². The van der Waals surface area contributed by atoms with E-state index in [2.05, 4.69) is 36.9 Å². The number of fused-ring (bicyclic) bond motifs is 1. The van der Waals surface area contributed by atoms with E-state index in [-0.39, 0.29) is 0 Å². The molecule has 17 heavy (non-hydrogen) atoms. The Labute approximate surface area is 103 Å². The highest BCUT2D eigenvalue weighted by molar-refractivity contribution is 5.61. The lowest BCUT2D eigenvalue weighted by Gasteiger charge is -2.31. The zero-order valence-corrected chi connectivity index (χ0v) is 10.9. The van der Waals surface area contributed by atoms with Crippen molar-refractivity contribution in [3.8, 4) is 5.75 Å².